The number of hydrogen-bond donors (Lipinski definition) is 1. The highest BCUT2D eigenvalue weighted by molar-refractivity contribution is 5.92. The molecule has 1 N–H and O–H groups in total. The number of hydrogen-bond acceptors (Lipinski definition) is 4. The van der Waals surface area contributed by atoms with Crippen molar-refractivity contribution in [1.29, 1.82) is 0 Å². The predicted octanol–water partition coefficient (Wildman–Crippen LogP) is 3.98. The number of para-hydroxylation sites is 1. The first-order chi connectivity index (χ1) is 12.1. The fourth-order valence-corrected chi connectivity index (χ4v) is 2.58. The monoisotopic (exact) mass is 343 g/mol. The molecule has 2 aromatic carbocycles. The maximum Gasteiger partial charge on any atom is 0.224 e. The lowest BCUT2D eigenvalue weighted by Gasteiger charge is -2.14. The normalized spacial score (nSPS) is 10.2. The van der Waals surface area contributed by atoms with Gasteiger partial charge in [-0.2, -0.15) is 0 Å². The third-order valence-electron chi connectivity index (χ3n) is 3.90. The minimum absolute atomic E-state index is 0.0541. The molecule has 0 heterocycles. The third kappa shape index (κ3) is 4.89. The third-order valence-corrected chi connectivity index (χ3v) is 3.90. The molecule has 1 amide bonds. The smallest absolute Gasteiger partial charge is 0.224 e. The van der Waals surface area contributed by atoms with Crippen LogP contribution in [0.5, 0.6) is 17.2 Å². The molecule has 0 aliphatic rings. The minimum atomic E-state index is -0.0541. The van der Waals surface area contributed by atoms with E-state index >= 15 is 0 Å². The Bertz CT molecular complexity index is 728. The summed E-state index contributed by atoms with van der Waals surface area (Å²) in [6.07, 6.45) is 0.992. The average Bonchev–Trinajstić information content (AvgIpc) is 2.62. The van der Waals surface area contributed by atoms with Crippen molar-refractivity contribution in [2.45, 2.75) is 26.7 Å². The zero-order valence-corrected chi connectivity index (χ0v) is 15.2. The van der Waals surface area contributed by atoms with Crippen molar-refractivity contribution in [3.8, 4) is 17.2 Å². The van der Waals surface area contributed by atoms with Gasteiger partial charge in [-0.25, -0.2) is 0 Å². The number of methoxy groups -OCH3 is 2. The minimum Gasteiger partial charge on any atom is -0.494 e. The van der Waals surface area contributed by atoms with Crippen LogP contribution in [-0.2, 0) is 11.2 Å². The average molecular weight is 343 g/mol. The van der Waals surface area contributed by atoms with E-state index in [1.807, 2.05) is 44.2 Å². The zero-order valence-electron chi connectivity index (χ0n) is 15.2. The van der Waals surface area contributed by atoms with Crippen molar-refractivity contribution in [3.05, 3.63) is 47.5 Å². The second kappa shape index (κ2) is 8.97. The summed E-state index contributed by atoms with van der Waals surface area (Å²) in [6.45, 7) is 4.47. The van der Waals surface area contributed by atoms with Crippen LogP contribution in [0.3, 0.4) is 0 Å². The molecule has 0 bridgehead atoms. The van der Waals surface area contributed by atoms with Gasteiger partial charge in [-0.15, -0.1) is 0 Å². The quantitative estimate of drug-likeness (QED) is 0.787. The molecule has 0 aliphatic heterocycles. The number of amides is 1. The first-order valence-electron chi connectivity index (χ1n) is 8.32. The lowest BCUT2D eigenvalue weighted by atomic mass is 10.1. The fourth-order valence-electron chi connectivity index (χ4n) is 2.58. The van der Waals surface area contributed by atoms with Gasteiger partial charge in [-0.05, 0) is 43.5 Å². The van der Waals surface area contributed by atoms with Gasteiger partial charge < -0.3 is 19.5 Å². The van der Waals surface area contributed by atoms with E-state index in [0.717, 1.165) is 22.6 Å². The van der Waals surface area contributed by atoms with Crippen LogP contribution in [0, 0.1) is 6.92 Å². The summed E-state index contributed by atoms with van der Waals surface area (Å²) in [5.74, 6) is 2.01. The Balaban J connectivity index is 2.04. The molecule has 5 nitrogen and oxygen atoms in total. The van der Waals surface area contributed by atoms with Crippen molar-refractivity contribution in [1.82, 2.24) is 0 Å². The number of carbonyl (C=O) groups excluding carboxylic acids is 1. The van der Waals surface area contributed by atoms with Crippen LogP contribution in [0.2, 0.25) is 0 Å². The molecule has 0 saturated carbocycles. The molecule has 0 atom stereocenters. The Hall–Kier alpha value is -2.69. The van der Waals surface area contributed by atoms with Crippen LogP contribution in [-0.4, -0.2) is 26.7 Å². The van der Waals surface area contributed by atoms with Gasteiger partial charge in [0.2, 0.25) is 5.91 Å². The first kappa shape index (κ1) is 18.6. The van der Waals surface area contributed by atoms with Gasteiger partial charge in [0.15, 0.2) is 11.5 Å². The highest BCUT2D eigenvalue weighted by Gasteiger charge is 2.12. The summed E-state index contributed by atoms with van der Waals surface area (Å²) in [4.78, 5) is 12.3. The second-order valence-electron chi connectivity index (χ2n) is 5.61. The molecule has 0 aromatic heterocycles. The number of rotatable bonds is 8. The molecule has 0 fully saturated rings. The lowest BCUT2D eigenvalue weighted by molar-refractivity contribution is -0.116. The number of ether oxygens (including phenoxy) is 3. The van der Waals surface area contributed by atoms with E-state index in [-0.39, 0.29) is 5.91 Å². The van der Waals surface area contributed by atoms with Crippen molar-refractivity contribution >= 4 is 11.6 Å². The van der Waals surface area contributed by atoms with Gasteiger partial charge in [0.05, 0.1) is 20.8 Å². The molecule has 0 aliphatic carbocycles. The van der Waals surface area contributed by atoms with Crippen LogP contribution in [0.25, 0.3) is 0 Å². The maximum atomic E-state index is 12.3. The number of anilines is 1. The largest absolute Gasteiger partial charge is 0.494 e. The zero-order chi connectivity index (χ0) is 18.2. The molecular weight excluding hydrogens is 318 g/mol. The molecule has 25 heavy (non-hydrogen) atoms. The van der Waals surface area contributed by atoms with E-state index in [2.05, 4.69) is 5.32 Å². The van der Waals surface area contributed by atoms with E-state index < -0.39 is 0 Å². The van der Waals surface area contributed by atoms with Gasteiger partial charge in [-0.1, -0.05) is 18.2 Å². The van der Waals surface area contributed by atoms with E-state index in [1.165, 1.54) is 0 Å². The summed E-state index contributed by atoms with van der Waals surface area (Å²) in [5.41, 5.74) is 2.67. The Labute approximate surface area is 148 Å². The van der Waals surface area contributed by atoms with Gasteiger partial charge in [0.1, 0.15) is 5.75 Å². The summed E-state index contributed by atoms with van der Waals surface area (Å²) >= 11 is 0. The number of aryl methyl sites for hydroxylation is 2. The van der Waals surface area contributed by atoms with E-state index in [9.17, 15) is 4.79 Å². The van der Waals surface area contributed by atoms with Gasteiger partial charge in [0.25, 0.3) is 0 Å². The maximum absolute atomic E-state index is 12.3. The van der Waals surface area contributed by atoms with E-state index in [0.29, 0.717) is 30.9 Å². The van der Waals surface area contributed by atoms with Crippen molar-refractivity contribution < 1.29 is 19.0 Å². The highest BCUT2D eigenvalue weighted by Crippen LogP contribution is 2.33. The van der Waals surface area contributed by atoms with Crippen molar-refractivity contribution in [2.24, 2.45) is 0 Å². The Morgan fingerprint density at radius 3 is 2.40 bits per heavy atom. The van der Waals surface area contributed by atoms with Crippen molar-refractivity contribution in [2.75, 3.05) is 26.1 Å². The standard InChI is InChI=1S/C20H25NO4/c1-5-25-17-9-7-6-8-15(17)10-11-20(22)21-16-13-19(24-4)18(23-3)12-14(16)2/h6-9,12-13H,5,10-11H2,1-4H3,(H,21,22). The van der Waals surface area contributed by atoms with E-state index in [1.54, 1.807) is 20.3 Å². The SMILES string of the molecule is CCOc1ccccc1CCC(=O)Nc1cc(OC)c(OC)cc1C. The van der Waals surface area contributed by atoms with Crippen LogP contribution in [0.15, 0.2) is 36.4 Å². The highest BCUT2D eigenvalue weighted by atomic mass is 16.5. The lowest BCUT2D eigenvalue weighted by Crippen LogP contribution is -2.13. The molecule has 0 radical (unpaired) electrons. The number of benzene rings is 2. The predicted molar refractivity (Wildman–Crippen MR) is 98.8 cm³/mol. The first-order valence-corrected chi connectivity index (χ1v) is 8.32. The topological polar surface area (TPSA) is 56.8 Å². The van der Waals surface area contributed by atoms with Gasteiger partial charge in [0, 0.05) is 18.2 Å². The number of nitrogens with one attached hydrogen (secondary N) is 1. The van der Waals surface area contributed by atoms with Crippen LogP contribution in [0.1, 0.15) is 24.5 Å². The molecule has 134 valence electrons. The fraction of sp³-hybridized carbons (Fsp3) is 0.350. The molecule has 2 rings (SSSR count). The number of carbonyl (C=O) groups is 1. The molecular formula is C20H25NO4. The second-order valence-corrected chi connectivity index (χ2v) is 5.61. The molecule has 0 saturated heterocycles. The molecule has 2 aromatic rings. The summed E-state index contributed by atoms with van der Waals surface area (Å²) in [6, 6.07) is 11.4. The molecule has 0 spiro atoms. The molecule has 0 unspecified atom stereocenters. The van der Waals surface area contributed by atoms with Crippen LogP contribution >= 0.6 is 0 Å². The van der Waals surface area contributed by atoms with Gasteiger partial charge in [-0.3, -0.25) is 4.79 Å². The van der Waals surface area contributed by atoms with Crippen molar-refractivity contribution in [3.63, 3.8) is 0 Å². The Morgan fingerprint density at radius 1 is 1.04 bits per heavy atom. The summed E-state index contributed by atoms with van der Waals surface area (Å²) in [5, 5.41) is 2.94. The molecule has 5 heteroatoms. The van der Waals surface area contributed by atoms with Gasteiger partial charge >= 0.3 is 0 Å². The van der Waals surface area contributed by atoms with E-state index in [4.69, 9.17) is 14.2 Å². The summed E-state index contributed by atoms with van der Waals surface area (Å²) < 4.78 is 16.2. The Morgan fingerprint density at radius 2 is 1.72 bits per heavy atom. The Kier molecular flexibility index (Phi) is 6.69. The van der Waals surface area contributed by atoms with Crippen LogP contribution in [0.4, 0.5) is 5.69 Å². The van der Waals surface area contributed by atoms with Crippen LogP contribution < -0.4 is 19.5 Å². The summed E-state index contributed by atoms with van der Waals surface area (Å²) in [7, 11) is 3.16.